The molecule has 1 saturated carbocycles. The molecule has 120 valence electrons. The van der Waals surface area contributed by atoms with Gasteiger partial charge in [0.15, 0.2) is 0 Å². The summed E-state index contributed by atoms with van der Waals surface area (Å²) in [5.41, 5.74) is 0.455. The molecule has 1 aliphatic rings. The molecule has 0 radical (unpaired) electrons. The lowest BCUT2D eigenvalue weighted by atomic mass is 9.85. The summed E-state index contributed by atoms with van der Waals surface area (Å²) in [6, 6.07) is 0.697. The molecule has 0 saturated heterocycles. The van der Waals surface area contributed by atoms with Crippen molar-refractivity contribution in [1.29, 1.82) is 0 Å². The van der Waals surface area contributed by atoms with Crippen molar-refractivity contribution in [3.05, 3.63) is 0 Å². The normalized spacial score (nSPS) is 20.6. The molecular weight excluding hydrogens is 248 g/mol. The highest BCUT2D eigenvalue weighted by Gasteiger charge is 2.31. The first kappa shape index (κ1) is 17.9. The van der Waals surface area contributed by atoms with Gasteiger partial charge in [0, 0.05) is 31.2 Å². The van der Waals surface area contributed by atoms with Gasteiger partial charge in [-0.15, -0.1) is 0 Å². The van der Waals surface area contributed by atoms with Crippen LogP contribution in [0.3, 0.4) is 0 Å². The summed E-state index contributed by atoms with van der Waals surface area (Å²) in [6.45, 7) is 14.6. The predicted octanol–water partition coefficient (Wildman–Crippen LogP) is 3.03. The summed E-state index contributed by atoms with van der Waals surface area (Å²) in [5, 5.41) is 13.0. The van der Waals surface area contributed by atoms with Crippen molar-refractivity contribution in [2.45, 2.75) is 78.3 Å². The van der Waals surface area contributed by atoms with Crippen LogP contribution in [0.5, 0.6) is 0 Å². The lowest BCUT2D eigenvalue weighted by molar-refractivity contribution is 0.0892. The average Bonchev–Trinajstić information content (AvgIpc) is 2.89. The fraction of sp³-hybridized carbons (Fsp3) is 1.00. The highest BCUT2D eigenvalue weighted by molar-refractivity contribution is 4.87. The minimum Gasteiger partial charge on any atom is -0.395 e. The molecule has 2 N–H and O–H groups in total. The van der Waals surface area contributed by atoms with Crippen molar-refractivity contribution >= 4 is 0 Å². The largest absolute Gasteiger partial charge is 0.395 e. The van der Waals surface area contributed by atoms with Gasteiger partial charge in [0.05, 0.1) is 6.61 Å². The van der Waals surface area contributed by atoms with E-state index in [1.54, 1.807) is 0 Å². The molecule has 20 heavy (non-hydrogen) atoms. The predicted molar refractivity (Wildman–Crippen MR) is 87.1 cm³/mol. The van der Waals surface area contributed by atoms with Gasteiger partial charge in [-0.25, -0.2) is 0 Å². The zero-order valence-corrected chi connectivity index (χ0v) is 14.3. The van der Waals surface area contributed by atoms with Gasteiger partial charge in [0.1, 0.15) is 0 Å². The van der Waals surface area contributed by atoms with Crippen molar-refractivity contribution in [2.75, 3.05) is 26.2 Å². The highest BCUT2D eigenvalue weighted by Crippen LogP contribution is 2.29. The Labute approximate surface area is 126 Å². The van der Waals surface area contributed by atoms with Crippen LogP contribution in [-0.2, 0) is 0 Å². The van der Waals surface area contributed by atoms with Crippen LogP contribution in [0.1, 0.15) is 66.7 Å². The van der Waals surface area contributed by atoms with Crippen molar-refractivity contribution in [1.82, 2.24) is 10.2 Å². The number of aliphatic hydroxyl groups is 1. The van der Waals surface area contributed by atoms with Gasteiger partial charge in [-0.2, -0.15) is 0 Å². The molecule has 0 heterocycles. The van der Waals surface area contributed by atoms with Crippen LogP contribution in [0.15, 0.2) is 0 Å². The zero-order chi connectivity index (χ0) is 15.2. The first-order chi connectivity index (χ1) is 9.29. The molecular formula is C17H36N2O. The van der Waals surface area contributed by atoms with Crippen LogP contribution in [0.25, 0.3) is 0 Å². The van der Waals surface area contributed by atoms with Gasteiger partial charge >= 0.3 is 0 Å². The quantitative estimate of drug-likeness (QED) is 0.719. The SMILES string of the molecule is CCC(C)(CNC(C)(C)C)CN(CCO)C1CCCC1. The molecule has 0 aromatic carbocycles. The Kier molecular flexibility index (Phi) is 6.96. The van der Waals surface area contributed by atoms with Crippen LogP contribution in [-0.4, -0.2) is 47.8 Å². The molecule has 1 unspecified atom stereocenters. The summed E-state index contributed by atoms with van der Waals surface area (Å²) in [4.78, 5) is 2.54. The van der Waals surface area contributed by atoms with Crippen LogP contribution in [0, 0.1) is 5.41 Å². The second kappa shape index (κ2) is 7.77. The topological polar surface area (TPSA) is 35.5 Å². The minimum atomic E-state index is 0.172. The molecule has 0 aromatic rings. The Hall–Kier alpha value is -0.120. The monoisotopic (exact) mass is 284 g/mol. The van der Waals surface area contributed by atoms with Crippen molar-refractivity contribution in [2.24, 2.45) is 5.41 Å². The molecule has 3 nitrogen and oxygen atoms in total. The first-order valence-electron chi connectivity index (χ1n) is 8.39. The Bertz CT molecular complexity index is 269. The van der Waals surface area contributed by atoms with Gasteiger partial charge in [0.25, 0.3) is 0 Å². The Morgan fingerprint density at radius 2 is 1.75 bits per heavy atom. The summed E-state index contributed by atoms with van der Waals surface area (Å²) < 4.78 is 0. The van der Waals surface area contributed by atoms with E-state index in [2.05, 4.69) is 44.8 Å². The van der Waals surface area contributed by atoms with E-state index in [1.165, 1.54) is 32.1 Å². The third kappa shape index (κ3) is 6.11. The number of nitrogens with one attached hydrogen (secondary N) is 1. The van der Waals surface area contributed by atoms with E-state index in [-0.39, 0.29) is 17.6 Å². The van der Waals surface area contributed by atoms with E-state index >= 15 is 0 Å². The van der Waals surface area contributed by atoms with Gasteiger partial charge in [0.2, 0.25) is 0 Å². The summed E-state index contributed by atoms with van der Waals surface area (Å²) >= 11 is 0. The van der Waals surface area contributed by atoms with E-state index in [4.69, 9.17) is 0 Å². The Balaban J connectivity index is 2.61. The first-order valence-corrected chi connectivity index (χ1v) is 8.39. The second-order valence-corrected chi connectivity index (χ2v) is 7.90. The number of hydrogen-bond donors (Lipinski definition) is 2. The summed E-state index contributed by atoms with van der Waals surface area (Å²) in [6.07, 6.45) is 6.51. The lowest BCUT2D eigenvalue weighted by Gasteiger charge is -2.39. The molecule has 0 aliphatic heterocycles. The van der Waals surface area contributed by atoms with E-state index in [9.17, 15) is 5.11 Å². The van der Waals surface area contributed by atoms with Gasteiger partial charge in [-0.05, 0) is 45.4 Å². The average molecular weight is 284 g/mol. The minimum absolute atomic E-state index is 0.172. The fourth-order valence-corrected chi connectivity index (χ4v) is 3.05. The summed E-state index contributed by atoms with van der Waals surface area (Å²) in [5.74, 6) is 0. The number of nitrogens with zero attached hydrogens (tertiary/aromatic N) is 1. The van der Waals surface area contributed by atoms with Gasteiger partial charge in [-0.3, -0.25) is 4.90 Å². The molecule has 1 aliphatic carbocycles. The van der Waals surface area contributed by atoms with E-state index in [1.807, 2.05) is 0 Å². The van der Waals surface area contributed by atoms with Crippen LogP contribution < -0.4 is 5.32 Å². The molecule has 0 bridgehead atoms. The molecule has 1 atom stereocenters. The lowest BCUT2D eigenvalue weighted by Crippen LogP contribution is -2.49. The van der Waals surface area contributed by atoms with Gasteiger partial charge in [-0.1, -0.05) is 26.7 Å². The Morgan fingerprint density at radius 1 is 1.15 bits per heavy atom. The van der Waals surface area contributed by atoms with Crippen LogP contribution in [0.2, 0.25) is 0 Å². The van der Waals surface area contributed by atoms with Crippen LogP contribution >= 0.6 is 0 Å². The maximum absolute atomic E-state index is 9.37. The fourth-order valence-electron chi connectivity index (χ4n) is 3.05. The third-order valence-corrected chi connectivity index (χ3v) is 4.71. The smallest absolute Gasteiger partial charge is 0.0558 e. The second-order valence-electron chi connectivity index (χ2n) is 7.90. The molecule has 0 spiro atoms. The molecule has 0 amide bonds. The molecule has 1 fully saturated rings. The standard InChI is InChI=1S/C17H36N2O/c1-6-17(5,13-18-16(2,3)4)14-19(11-12-20)15-9-7-8-10-15/h15,18,20H,6-14H2,1-5H3. The summed E-state index contributed by atoms with van der Waals surface area (Å²) in [7, 11) is 0. The third-order valence-electron chi connectivity index (χ3n) is 4.71. The van der Waals surface area contributed by atoms with E-state index < -0.39 is 0 Å². The van der Waals surface area contributed by atoms with E-state index in [0.29, 0.717) is 6.04 Å². The number of rotatable bonds is 8. The highest BCUT2D eigenvalue weighted by atomic mass is 16.3. The molecule has 3 heteroatoms. The van der Waals surface area contributed by atoms with Crippen molar-refractivity contribution in [3.8, 4) is 0 Å². The van der Waals surface area contributed by atoms with Crippen molar-refractivity contribution in [3.63, 3.8) is 0 Å². The van der Waals surface area contributed by atoms with Crippen LogP contribution in [0.4, 0.5) is 0 Å². The van der Waals surface area contributed by atoms with Crippen molar-refractivity contribution < 1.29 is 5.11 Å². The van der Waals surface area contributed by atoms with E-state index in [0.717, 1.165) is 19.6 Å². The molecule has 1 rings (SSSR count). The van der Waals surface area contributed by atoms with Gasteiger partial charge < -0.3 is 10.4 Å². The Morgan fingerprint density at radius 3 is 2.20 bits per heavy atom. The zero-order valence-electron chi connectivity index (χ0n) is 14.3. The maximum atomic E-state index is 9.37. The maximum Gasteiger partial charge on any atom is 0.0558 e. The number of aliphatic hydroxyl groups excluding tert-OH is 1. The molecule has 0 aromatic heterocycles. The number of hydrogen-bond acceptors (Lipinski definition) is 3.